The maximum atomic E-state index is 5.68. The molecule has 0 radical (unpaired) electrons. The lowest BCUT2D eigenvalue weighted by atomic mass is 10.0. The van der Waals surface area contributed by atoms with Crippen molar-refractivity contribution in [3.63, 3.8) is 0 Å². The standard InChI is InChI=1S/C24H43N5O/c1-19(2)30-17-16-29-14-12-22(13-15-29)27-23(25-6)26-18-24(4,5)28-20(3)21-10-8-7-9-11-21/h7-11,19-20,22,28H,12-18H2,1-6H3,(H2,25,26,27). The minimum Gasteiger partial charge on any atom is -0.377 e. The molecule has 0 aromatic heterocycles. The molecule has 170 valence electrons. The average Bonchev–Trinajstić information content (AvgIpc) is 2.72. The Hall–Kier alpha value is -1.63. The topological polar surface area (TPSA) is 60.9 Å². The Kier molecular flexibility index (Phi) is 10.1. The van der Waals surface area contributed by atoms with Gasteiger partial charge in [0, 0.05) is 50.8 Å². The summed E-state index contributed by atoms with van der Waals surface area (Å²) in [6.45, 7) is 15.7. The molecule has 0 saturated carbocycles. The molecule has 1 fully saturated rings. The second-order valence-corrected chi connectivity index (χ2v) is 9.27. The highest BCUT2D eigenvalue weighted by Gasteiger charge is 2.23. The lowest BCUT2D eigenvalue weighted by Crippen LogP contribution is -2.54. The molecule has 1 aromatic rings. The quantitative estimate of drug-likeness (QED) is 0.403. The van der Waals surface area contributed by atoms with E-state index in [4.69, 9.17) is 4.74 Å². The van der Waals surface area contributed by atoms with Gasteiger partial charge in [-0.3, -0.25) is 4.99 Å². The minimum absolute atomic E-state index is 0.0628. The van der Waals surface area contributed by atoms with E-state index in [1.54, 1.807) is 0 Å². The zero-order chi connectivity index (χ0) is 22.0. The Morgan fingerprint density at radius 3 is 2.43 bits per heavy atom. The van der Waals surface area contributed by atoms with E-state index in [-0.39, 0.29) is 5.54 Å². The molecule has 1 aliphatic rings. The van der Waals surface area contributed by atoms with Crippen molar-refractivity contribution in [3.05, 3.63) is 35.9 Å². The van der Waals surface area contributed by atoms with Crippen LogP contribution in [0.2, 0.25) is 0 Å². The monoisotopic (exact) mass is 417 g/mol. The van der Waals surface area contributed by atoms with Gasteiger partial charge in [-0.15, -0.1) is 0 Å². The highest BCUT2D eigenvalue weighted by Crippen LogP contribution is 2.16. The van der Waals surface area contributed by atoms with E-state index in [0.29, 0.717) is 18.2 Å². The van der Waals surface area contributed by atoms with Gasteiger partial charge in [-0.05, 0) is 53.0 Å². The molecular formula is C24H43N5O. The number of piperidine rings is 1. The minimum atomic E-state index is -0.0628. The lowest BCUT2D eigenvalue weighted by Gasteiger charge is -2.34. The number of likely N-dealkylation sites (tertiary alicyclic amines) is 1. The molecule has 1 heterocycles. The van der Waals surface area contributed by atoms with E-state index in [2.05, 4.69) is 90.8 Å². The molecule has 6 heteroatoms. The molecule has 2 rings (SSSR count). The molecule has 1 saturated heterocycles. The Morgan fingerprint density at radius 1 is 1.17 bits per heavy atom. The van der Waals surface area contributed by atoms with Crippen molar-refractivity contribution in [2.45, 2.75) is 71.2 Å². The number of nitrogens with zero attached hydrogens (tertiary/aromatic N) is 2. The predicted octanol–water partition coefficient (Wildman–Crippen LogP) is 3.17. The first kappa shape index (κ1) is 24.6. The van der Waals surface area contributed by atoms with Crippen LogP contribution in [-0.4, -0.2) is 68.4 Å². The SMILES string of the molecule is CN=C(NCC(C)(C)NC(C)c1ccccc1)NC1CCN(CCOC(C)C)CC1. The third-order valence-corrected chi connectivity index (χ3v) is 5.62. The van der Waals surface area contributed by atoms with Crippen molar-refractivity contribution in [3.8, 4) is 0 Å². The molecular weight excluding hydrogens is 374 g/mol. The largest absolute Gasteiger partial charge is 0.377 e. The lowest BCUT2D eigenvalue weighted by molar-refractivity contribution is 0.0532. The number of aliphatic imine (C=N–C) groups is 1. The molecule has 1 atom stereocenters. The summed E-state index contributed by atoms with van der Waals surface area (Å²) >= 11 is 0. The van der Waals surface area contributed by atoms with Gasteiger partial charge in [0.1, 0.15) is 0 Å². The second-order valence-electron chi connectivity index (χ2n) is 9.27. The van der Waals surface area contributed by atoms with Crippen LogP contribution in [0.1, 0.15) is 59.1 Å². The molecule has 1 aromatic carbocycles. The van der Waals surface area contributed by atoms with Crippen LogP contribution >= 0.6 is 0 Å². The van der Waals surface area contributed by atoms with E-state index in [0.717, 1.165) is 51.6 Å². The van der Waals surface area contributed by atoms with Gasteiger partial charge in [0.05, 0.1) is 12.7 Å². The third-order valence-electron chi connectivity index (χ3n) is 5.62. The van der Waals surface area contributed by atoms with Crippen LogP contribution in [0.25, 0.3) is 0 Å². The number of benzene rings is 1. The summed E-state index contributed by atoms with van der Waals surface area (Å²) in [6, 6.07) is 11.3. The summed E-state index contributed by atoms with van der Waals surface area (Å²) in [5.41, 5.74) is 1.24. The predicted molar refractivity (Wildman–Crippen MR) is 127 cm³/mol. The molecule has 0 amide bonds. The zero-order valence-corrected chi connectivity index (χ0v) is 19.9. The maximum absolute atomic E-state index is 5.68. The molecule has 1 aliphatic heterocycles. The molecule has 30 heavy (non-hydrogen) atoms. The average molecular weight is 418 g/mol. The van der Waals surface area contributed by atoms with Crippen LogP contribution in [-0.2, 0) is 4.74 Å². The summed E-state index contributed by atoms with van der Waals surface area (Å²) in [5.74, 6) is 0.888. The van der Waals surface area contributed by atoms with Crippen LogP contribution in [0, 0.1) is 0 Å². The van der Waals surface area contributed by atoms with Gasteiger partial charge in [0.2, 0.25) is 0 Å². The molecule has 0 aliphatic carbocycles. The normalized spacial score (nSPS) is 17.9. The zero-order valence-electron chi connectivity index (χ0n) is 19.9. The van der Waals surface area contributed by atoms with Crippen molar-refractivity contribution in [2.75, 3.05) is 39.8 Å². The first-order chi connectivity index (χ1) is 14.3. The van der Waals surface area contributed by atoms with Crippen LogP contribution in [0.5, 0.6) is 0 Å². The summed E-state index contributed by atoms with van der Waals surface area (Å²) < 4.78 is 5.68. The highest BCUT2D eigenvalue weighted by molar-refractivity contribution is 5.80. The highest BCUT2D eigenvalue weighted by atomic mass is 16.5. The number of ether oxygens (including phenoxy) is 1. The van der Waals surface area contributed by atoms with E-state index in [1.807, 2.05) is 7.05 Å². The van der Waals surface area contributed by atoms with Crippen molar-refractivity contribution < 1.29 is 4.74 Å². The van der Waals surface area contributed by atoms with Crippen molar-refractivity contribution in [1.82, 2.24) is 20.9 Å². The van der Waals surface area contributed by atoms with E-state index >= 15 is 0 Å². The van der Waals surface area contributed by atoms with E-state index in [9.17, 15) is 0 Å². The molecule has 1 unspecified atom stereocenters. The molecule has 0 bridgehead atoms. The number of rotatable bonds is 10. The Labute approximate surface area is 183 Å². The van der Waals surface area contributed by atoms with Crippen molar-refractivity contribution in [2.24, 2.45) is 4.99 Å². The number of nitrogens with one attached hydrogen (secondary N) is 3. The summed E-state index contributed by atoms with van der Waals surface area (Å²) in [7, 11) is 1.85. The smallest absolute Gasteiger partial charge is 0.191 e. The maximum Gasteiger partial charge on any atom is 0.191 e. The Bertz CT molecular complexity index is 624. The van der Waals surface area contributed by atoms with E-state index in [1.165, 1.54) is 5.56 Å². The van der Waals surface area contributed by atoms with Crippen LogP contribution in [0.15, 0.2) is 35.3 Å². The summed E-state index contributed by atoms with van der Waals surface area (Å²) in [6.07, 6.45) is 2.58. The van der Waals surface area contributed by atoms with Gasteiger partial charge in [-0.25, -0.2) is 0 Å². The Balaban J connectivity index is 1.71. The number of guanidine groups is 1. The van der Waals surface area contributed by atoms with Gasteiger partial charge in [0.25, 0.3) is 0 Å². The number of hydrogen-bond acceptors (Lipinski definition) is 4. The fourth-order valence-electron chi connectivity index (χ4n) is 3.87. The fraction of sp³-hybridized carbons (Fsp3) is 0.708. The molecule has 0 spiro atoms. The first-order valence-corrected chi connectivity index (χ1v) is 11.4. The van der Waals surface area contributed by atoms with Crippen LogP contribution < -0.4 is 16.0 Å². The molecule has 6 nitrogen and oxygen atoms in total. The second kappa shape index (κ2) is 12.3. The van der Waals surface area contributed by atoms with Gasteiger partial charge >= 0.3 is 0 Å². The van der Waals surface area contributed by atoms with Crippen LogP contribution in [0.3, 0.4) is 0 Å². The van der Waals surface area contributed by atoms with Crippen molar-refractivity contribution >= 4 is 5.96 Å². The van der Waals surface area contributed by atoms with Gasteiger partial charge in [-0.2, -0.15) is 0 Å². The third kappa shape index (κ3) is 9.02. The van der Waals surface area contributed by atoms with Gasteiger partial charge < -0.3 is 25.6 Å². The Morgan fingerprint density at radius 2 is 1.83 bits per heavy atom. The van der Waals surface area contributed by atoms with Crippen LogP contribution in [0.4, 0.5) is 0 Å². The summed E-state index contributed by atoms with van der Waals surface area (Å²) in [5, 5.41) is 10.9. The van der Waals surface area contributed by atoms with E-state index < -0.39 is 0 Å². The van der Waals surface area contributed by atoms with Gasteiger partial charge in [0.15, 0.2) is 5.96 Å². The van der Waals surface area contributed by atoms with Crippen molar-refractivity contribution in [1.29, 1.82) is 0 Å². The molecule has 3 N–H and O–H groups in total. The first-order valence-electron chi connectivity index (χ1n) is 11.4. The summed E-state index contributed by atoms with van der Waals surface area (Å²) in [4.78, 5) is 6.94. The van der Waals surface area contributed by atoms with Gasteiger partial charge in [-0.1, -0.05) is 30.3 Å². The number of hydrogen-bond donors (Lipinski definition) is 3. The fourth-order valence-corrected chi connectivity index (χ4v) is 3.87.